The van der Waals surface area contributed by atoms with Gasteiger partial charge in [0.15, 0.2) is 9.84 Å². The van der Waals surface area contributed by atoms with Gasteiger partial charge in [-0.1, -0.05) is 0 Å². The Morgan fingerprint density at radius 3 is 2.60 bits per heavy atom. The van der Waals surface area contributed by atoms with Gasteiger partial charge in [0.25, 0.3) is 0 Å². The first kappa shape index (κ1) is 12.4. The van der Waals surface area contributed by atoms with Gasteiger partial charge in [0.1, 0.15) is 0 Å². The minimum Gasteiger partial charge on any atom is -0.368 e. The van der Waals surface area contributed by atoms with Crippen molar-refractivity contribution >= 4 is 15.7 Å². The molecule has 0 aliphatic carbocycles. The standard InChI is InChI=1S/C8H17N3O3S/c1-8(2-3-15(13,14)5-8)11-4-6(9)7(10)12/h6,11H,2-5,9H2,1H3,(H2,10,12). The fraction of sp³-hybridized carbons (Fsp3) is 0.875. The zero-order valence-electron chi connectivity index (χ0n) is 8.69. The zero-order chi connectivity index (χ0) is 11.7. The van der Waals surface area contributed by atoms with E-state index in [1.54, 1.807) is 0 Å². The molecule has 0 spiro atoms. The van der Waals surface area contributed by atoms with E-state index < -0.39 is 27.3 Å². The fourth-order valence-electron chi connectivity index (χ4n) is 1.61. The topological polar surface area (TPSA) is 115 Å². The molecule has 1 heterocycles. The fourth-order valence-corrected chi connectivity index (χ4v) is 3.73. The molecule has 1 saturated heterocycles. The van der Waals surface area contributed by atoms with Crippen LogP contribution in [0.15, 0.2) is 0 Å². The maximum Gasteiger partial charge on any atom is 0.235 e. The molecular formula is C8H17N3O3S. The summed E-state index contributed by atoms with van der Waals surface area (Å²) in [5.41, 5.74) is 9.95. The number of hydrogen-bond donors (Lipinski definition) is 3. The van der Waals surface area contributed by atoms with E-state index in [1.807, 2.05) is 6.92 Å². The van der Waals surface area contributed by atoms with Gasteiger partial charge in [-0.3, -0.25) is 4.79 Å². The molecule has 5 N–H and O–H groups in total. The number of sulfone groups is 1. The highest BCUT2D eigenvalue weighted by molar-refractivity contribution is 7.91. The molecule has 0 aromatic carbocycles. The summed E-state index contributed by atoms with van der Waals surface area (Å²) in [4.78, 5) is 10.7. The Hall–Kier alpha value is -0.660. The highest BCUT2D eigenvalue weighted by Gasteiger charge is 2.38. The summed E-state index contributed by atoms with van der Waals surface area (Å²) in [6.45, 7) is 2.02. The minimum absolute atomic E-state index is 0.0888. The number of nitrogens with two attached hydrogens (primary N) is 2. The Kier molecular flexibility index (Phi) is 3.37. The van der Waals surface area contributed by atoms with Crippen molar-refractivity contribution in [2.75, 3.05) is 18.1 Å². The number of primary amides is 1. The normalized spacial score (nSPS) is 31.3. The first-order valence-electron chi connectivity index (χ1n) is 4.74. The largest absolute Gasteiger partial charge is 0.368 e. The van der Waals surface area contributed by atoms with Crippen LogP contribution in [0.2, 0.25) is 0 Å². The van der Waals surface area contributed by atoms with Gasteiger partial charge in [-0.25, -0.2) is 8.42 Å². The van der Waals surface area contributed by atoms with Crippen LogP contribution in [0.1, 0.15) is 13.3 Å². The lowest BCUT2D eigenvalue weighted by molar-refractivity contribution is -0.119. The Morgan fingerprint density at radius 2 is 2.20 bits per heavy atom. The van der Waals surface area contributed by atoms with Crippen LogP contribution < -0.4 is 16.8 Å². The summed E-state index contributed by atoms with van der Waals surface area (Å²) in [6.07, 6.45) is 0.542. The Labute approximate surface area is 89.3 Å². The summed E-state index contributed by atoms with van der Waals surface area (Å²) >= 11 is 0. The number of carbonyl (C=O) groups excluding carboxylic acids is 1. The first-order valence-corrected chi connectivity index (χ1v) is 6.57. The molecule has 1 rings (SSSR count). The van der Waals surface area contributed by atoms with Crippen LogP contribution >= 0.6 is 0 Å². The third kappa shape index (κ3) is 3.44. The first-order chi connectivity index (χ1) is 6.74. The lowest BCUT2D eigenvalue weighted by Crippen LogP contribution is -2.52. The average Bonchev–Trinajstić information content (AvgIpc) is 2.37. The molecule has 0 bridgehead atoms. The Morgan fingerprint density at radius 1 is 1.60 bits per heavy atom. The molecule has 0 aromatic rings. The second kappa shape index (κ2) is 4.07. The van der Waals surface area contributed by atoms with E-state index in [1.165, 1.54) is 0 Å². The van der Waals surface area contributed by atoms with E-state index in [2.05, 4.69) is 5.32 Å². The molecule has 1 aliphatic heterocycles. The molecule has 1 amide bonds. The van der Waals surface area contributed by atoms with Crippen LogP contribution in [0.5, 0.6) is 0 Å². The lowest BCUT2D eigenvalue weighted by atomic mass is 10.0. The number of rotatable bonds is 4. The molecule has 0 aromatic heterocycles. The van der Waals surface area contributed by atoms with Crippen LogP contribution in [-0.4, -0.2) is 44.0 Å². The van der Waals surface area contributed by atoms with Gasteiger partial charge in [0, 0.05) is 12.1 Å². The Balaban J connectivity index is 2.49. The third-order valence-corrected chi connectivity index (χ3v) is 4.52. The van der Waals surface area contributed by atoms with Gasteiger partial charge in [0.05, 0.1) is 17.5 Å². The maximum atomic E-state index is 11.3. The second-order valence-electron chi connectivity index (χ2n) is 4.29. The van der Waals surface area contributed by atoms with Crippen LogP contribution in [-0.2, 0) is 14.6 Å². The summed E-state index contributed by atoms with van der Waals surface area (Å²) in [5.74, 6) is -0.319. The summed E-state index contributed by atoms with van der Waals surface area (Å²) in [6, 6.07) is -0.773. The predicted octanol–water partition coefficient (Wildman–Crippen LogP) is -2.03. The van der Waals surface area contributed by atoms with E-state index in [0.29, 0.717) is 6.42 Å². The molecule has 1 fully saturated rings. The molecule has 88 valence electrons. The molecule has 1 aliphatic rings. The van der Waals surface area contributed by atoms with Crippen LogP contribution in [0.25, 0.3) is 0 Å². The SMILES string of the molecule is CC1(NCC(N)C(N)=O)CCS(=O)(=O)C1. The number of amides is 1. The molecule has 0 saturated carbocycles. The Bertz CT molecular complexity index is 354. The van der Waals surface area contributed by atoms with Crippen LogP contribution in [0, 0.1) is 0 Å². The highest BCUT2D eigenvalue weighted by Crippen LogP contribution is 2.22. The van der Waals surface area contributed by atoms with Crippen molar-refractivity contribution in [2.24, 2.45) is 11.5 Å². The van der Waals surface area contributed by atoms with Gasteiger partial charge in [-0.15, -0.1) is 0 Å². The van der Waals surface area contributed by atoms with Crippen molar-refractivity contribution in [3.63, 3.8) is 0 Å². The average molecular weight is 235 g/mol. The van der Waals surface area contributed by atoms with Crippen molar-refractivity contribution in [3.8, 4) is 0 Å². The van der Waals surface area contributed by atoms with E-state index in [0.717, 1.165) is 0 Å². The quantitative estimate of drug-likeness (QED) is 0.519. The van der Waals surface area contributed by atoms with Gasteiger partial charge >= 0.3 is 0 Å². The number of nitrogens with one attached hydrogen (secondary N) is 1. The number of hydrogen-bond acceptors (Lipinski definition) is 5. The van der Waals surface area contributed by atoms with Crippen molar-refractivity contribution < 1.29 is 13.2 Å². The molecule has 15 heavy (non-hydrogen) atoms. The van der Waals surface area contributed by atoms with E-state index in [4.69, 9.17) is 11.5 Å². The van der Waals surface area contributed by atoms with Crippen molar-refractivity contribution in [2.45, 2.75) is 24.9 Å². The van der Waals surface area contributed by atoms with Crippen molar-refractivity contribution in [1.29, 1.82) is 0 Å². The highest BCUT2D eigenvalue weighted by atomic mass is 32.2. The summed E-state index contributed by atoms with van der Waals surface area (Å²) < 4.78 is 22.5. The van der Waals surface area contributed by atoms with E-state index >= 15 is 0 Å². The third-order valence-electron chi connectivity index (χ3n) is 2.62. The predicted molar refractivity (Wildman–Crippen MR) is 56.8 cm³/mol. The van der Waals surface area contributed by atoms with Gasteiger partial charge in [-0.2, -0.15) is 0 Å². The number of carbonyl (C=O) groups is 1. The minimum atomic E-state index is -2.94. The van der Waals surface area contributed by atoms with Crippen molar-refractivity contribution in [3.05, 3.63) is 0 Å². The van der Waals surface area contributed by atoms with Gasteiger partial charge in [-0.05, 0) is 13.3 Å². The molecule has 2 atom stereocenters. The zero-order valence-corrected chi connectivity index (χ0v) is 9.51. The van der Waals surface area contributed by atoms with Crippen LogP contribution in [0.3, 0.4) is 0 Å². The van der Waals surface area contributed by atoms with Crippen LogP contribution in [0.4, 0.5) is 0 Å². The molecule has 0 radical (unpaired) electrons. The molecule has 7 heteroatoms. The smallest absolute Gasteiger partial charge is 0.235 e. The second-order valence-corrected chi connectivity index (χ2v) is 6.48. The molecule has 6 nitrogen and oxygen atoms in total. The van der Waals surface area contributed by atoms with Gasteiger partial charge in [0.2, 0.25) is 5.91 Å². The molecule has 2 unspecified atom stereocenters. The lowest BCUT2D eigenvalue weighted by Gasteiger charge is -2.25. The monoisotopic (exact) mass is 235 g/mol. The van der Waals surface area contributed by atoms with Crippen molar-refractivity contribution in [1.82, 2.24) is 5.32 Å². The van der Waals surface area contributed by atoms with E-state index in [-0.39, 0.29) is 18.1 Å². The summed E-state index contributed by atoms with van der Waals surface area (Å²) in [7, 11) is -2.94. The maximum absolute atomic E-state index is 11.3. The summed E-state index contributed by atoms with van der Waals surface area (Å²) in [5, 5.41) is 2.99. The molecular weight excluding hydrogens is 218 g/mol. The van der Waals surface area contributed by atoms with Gasteiger partial charge < -0.3 is 16.8 Å². The van der Waals surface area contributed by atoms with E-state index in [9.17, 15) is 13.2 Å².